The molecule has 0 aliphatic carbocycles. The molecule has 0 saturated heterocycles. The Hall–Kier alpha value is -3.94. The zero-order chi connectivity index (χ0) is 21.4. The van der Waals surface area contributed by atoms with Crippen molar-refractivity contribution in [2.24, 2.45) is 0 Å². The summed E-state index contributed by atoms with van der Waals surface area (Å²) in [5.74, 6) is -1.40. The topological polar surface area (TPSA) is 109 Å². The summed E-state index contributed by atoms with van der Waals surface area (Å²) in [6, 6.07) is 11.3. The third kappa shape index (κ3) is 3.43. The molecule has 2 aromatic carbocycles. The smallest absolute Gasteiger partial charge is 0.341 e. The van der Waals surface area contributed by atoms with E-state index in [1.807, 2.05) is 12.1 Å². The highest BCUT2D eigenvalue weighted by Crippen LogP contribution is 2.23. The summed E-state index contributed by atoms with van der Waals surface area (Å²) < 4.78 is 1.13. The number of carbonyl (C=O) groups excluding carboxylic acids is 2. The Kier molecular flexibility index (Phi) is 4.83. The number of anilines is 1. The summed E-state index contributed by atoms with van der Waals surface area (Å²) in [5, 5.41) is 12.2. The van der Waals surface area contributed by atoms with E-state index in [2.05, 4.69) is 5.32 Å². The van der Waals surface area contributed by atoms with Gasteiger partial charge in [-0.3, -0.25) is 14.2 Å². The van der Waals surface area contributed by atoms with Crippen molar-refractivity contribution in [3.63, 3.8) is 0 Å². The molecule has 0 spiro atoms. The Morgan fingerprint density at radius 1 is 1.07 bits per heavy atom. The van der Waals surface area contributed by atoms with E-state index in [0.717, 1.165) is 28.3 Å². The van der Waals surface area contributed by atoms with Gasteiger partial charge in [-0.25, -0.2) is 9.59 Å². The highest BCUT2D eigenvalue weighted by atomic mass is 16.4. The molecule has 152 valence electrons. The minimum absolute atomic E-state index is 0.00369. The van der Waals surface area contributed by atoms with Crippen molar-refractivity contribution in [2.75, 3.05) is 11.9 Å². The standard InChI is InChI=1S/C22H19N3O5/c1-13(26)24-9-8-14-6-7-16(10-15(14)11-24)23-22(30)25-12-18(21(28)29)20(27)17-4-2-3-5-19(17)25/h2-7,10,12H,8-9,11H2,1H3,(H,23,30)(H,28,29). The van der Waals surface area contributed by atoms with Crippen LogP contribution >= 0.6 is 0 Å². The number of fused-ring (bicyclic) bond motifs is 2. The van der Waals surface area contributed by atoms with Gasteiger partial charge in [0.2, 0.25) is 11.3 Å². The number of rotatable bonds is 2. The molecule has 8 heteroatoms. The average Bonchev–Trinajstić information content (AvgIpc) is 2.73. The Morgan fingerprint density at radius 2 is 1.83 bits per heavy atom. The summed E-state index contributed by atoms with van der Waals surface area (Å²) in [6.07, 6.45) is 1.79. The first kappa shape index (κ1) is 19.4. The first-order valence-electron chi connectivity index (χ1n) is 9.41. The van der Waals surface area contributed by atoms with Crippen LogP contribution in [0.1, 0.15) is 28.4 Å². The molecule has 2 heterocycles. The molecule has 4 rings (SSSR count). The van der Waals surface area contributed by atoms with Crippen molar-refractivity contribution in [1.29, 1.82) is 0 Å². The molecule has 0 unspecified atom stereocenters. The van der Waals surface area contributed by atoms with Gasteiger partial charge in [-0.2, -0.15) is 0 Å². The van der Waals surface area contributed by atoms with Crippen molar-refractivity contribution in [2.45, 2.75) is 19.9 Å². The minimum Gasteiger partial charge on any atom is -0.477 e. The molecular weight excluding hydrogens is 386 g/mol. The molecule has 8 nitrogen and oxygen atoms in total. The first-order chi connectivity index (χ1) is 14.3. The van der Waals surface area contributed by atoms with Crippen molar-refractivity contribution < 1.29 is 19.5 Å². The lowest BCUT2D eigenvalue weighted by atomic mass is 9.99. The fourth-order valence-corrected chi connectivity index (χ4v) is 3.69. The Balaban J connectivity index is 1.70. The van der Waals surface area contributed by atoms with Crippen LogP contribution in [-0.4, -0.2) is 39.0 Å². The zero-order valence-electron chi connectivity index (χ0n) is 16.2. The number of nitrogens with zero attached hydrogens (tertiary/aromatic N) is 2. The Bertz CT molecular complexity index is 1260. The maximum atomic E-state index is 12.9. The zero-order valence-corrected chi connectivity index (χ0v) is 16.2. The second kappa shape index (κ2) is 7.47. The number of carboxylic acids is 1. The number of pyridine rings is 1. The van der Waals surface area contributed by atoms with Gasteiger partial charge in [0.15, 0.2) is 0 Å². The van der Waals surface area contributed by atoms with Crippen LogP contribution in [0.4, 0.5) is 10.5 Å². The van der Waals surface area contributed by atoms with Crippen LogP contribution in [-0.2, 0) is 17.8 Å². The van der Waals surface area contributed by atoms with E-state index in [4.69, 9.17) is 0 Å². The highest BCUT2D eigenvalue weighted by molar-refractivity contribution is 6.00. The molecule has 30 heavy (non-hydrogen) atoms. The van der Waals surface area contributed by atoms with E-state index in [-0.39, 0.29) is 11.3 Å². The maximum Gasteiger partial charge on any atom is 0.341 e. The van der Waals surface area contributed by atoms with Crippen LogP contribution in [0.15, 0.2) is 53.5 Å². The lowest BCUT2D eigenvalue weighted by Crippen LogP contribution is -2.34. The molecule has 0 atom stereocenters. The maximum absolute atomic E-state index is 12.9. The molecule has 1 aromatic heterocycles. The van der Waals surface area contributed by atoms with E-state index in [0.29, 0.717) is 24.3 Å². The normalized spacial score (nSPS) is 13.0. The highest BCUT2D eigenvalue weighted by Gasteiger charge is 2.20. The fraction of sp³-hybridized carbons (Fsp3) is 0.182. The van der Waals surface area contributed by atoms with E-state index in [9.17, 15) is 24.3 Å². The summed E-state index contributed by atoms with van der Waals surface area (Å²) in [6.45, 7) is 2.66. The van der Waals surface area contributed by atoms with Crippen molar-refractivity contribution in [1.82, 2.24) is 9.47 Å². The lowest BCUT2D eigenvalue weighted by Gasteiger charge is -2.28. The third-order valence-corrected chi connectivity index (χ3v) is 5.28. The van der Waals surface area contributed by atoms with Gasteiger partial charge in [-0.1, -0.05) is 18.2 Å². The van der Waals surface area contributed by atoms with Gasteiger partial charge in [0.1, 0.15) is 5.56 Å². The molecule has 0 bridgehead atoms. The number of benzene rings is 2. The van der Waals surface area contributed by atoms with Gasteiger partial charge in [-0.15, -0.1) is 0 Å². The molecule has 0 fully saturated rings. The summed E-state index contributed by atoms with van der Waals surface area (Å²) in [4.78, 5) is 50.2. The molecule has 1 aliphatic heterocycles. The van der Waals surface area contributed by atoms with Gasteiger partial charge in [0.25, 0.3) is 0 Å². The predicted octanol–water partition coefficient (Wildman–Crippen LogP) is 2.68. The third-order valence-electron chi connectivity index (χ3n) is 5.28. The molecule has 0 radical (unpaired) electrons. The molecule has 2 amide bonds. The number of aromatic nitrogens is 1. The van der Waals surface area contributed by atoms with Crippen LogP contribution < -0.4 is 10.7 Å². The number of carboxylic acid groups (broad SMARTS) is 1. The van der Waals surface area contributed by atoms with Crippen LogP contribution in [0.25, 0.3) is 10.9 Å². The SMILES string of the molecule is CC(=O)N1CCc2ccc(NC(=O)n3cc(C(=O)O)c(=O)c4ccccc43)cc2C1. The van der Waals surface area contributed by atoms with E-state index in [1.165, 1.54) is 13.0 Å². The summed E-state index contributed by atoms with van der Waals surface area (Å²) in [5.41, 5.74) is 1.78. The number of nitrogens with one attached hydrogen (secondary N) is 1. The van der Waals surface area contributed by atoms with Crippen LogP contribution in [0.2, 0.25) is 0 Å². The number of para-hydroxylation sites is 1. The molecule has 2 N–H and O–H groups in total. The average molecular weight is 405 g/mol. The van der Waals surface area contributed by atoms with Crippen molar-refractivity contribution in [3.8, 4) is 0 Å². The second-order valence-electron chi connectivity index (χ2n) is 7.17. The minimum atomic E-state index is -1.40. The van der Waals surface area contributed by atoms with Crippen LogP contribution in [0.5, 0.6) is 0 Å². The van der Waals surface area contributed by atoms with Gasteiger partial charge in [0, 0.05) is 37.3 Å². The summed E-state index contributed by atoms with van der Waals surface area (Å²) in [7, 11) is 0. The quantitative estimate of drug-likeness (QED) is 0.681. The van der Waals surface area contributed by atoms with Gasteiger partial charge in [-0.05, 0) is 41.8 Å². The predicted molar refractivity (Wildman–Crippen MR) is 111 cm³/mol. The molecular formula is C22H19N3O5. The monoisotopic (exact) mass is 405 g/mol. The van der Waals surface area contributed by atoms with Crippen molar-refractivity contribution in [3.05, 3.63) is 75.6 Å². The number of amides is 2. The molecule has 1 aliphatic rings. The van der Waals surface area contributed by atoms with E-state index < -0.39 is 23.0 Å². The van der Waals surface area contributed by atoms with Gasteiger partial charge in [0.05, 0.1) is 5.52 Å². The van der Waals surface area contributed by atoms with Gasteiger partial charge < -0.3 is 15.3 Å². The Labute approximate surface area is 171 Å². The number of aromatic carboxylic acids is 1. The van der Waals surface area contributed by atoms with Crippen LogP contribution in [0, 0.1) is 0 Å². The fourth-order valence-electron chi connectivity index (χ4n) is 3.69. The molecule has 0 saturated carbocycles. The lowest BCUT2D eigenvalue weighted by molar-refractivity contribution is -0.129. The van der Waals surface area contributed by atoms with Crippen LogP contribution in [0.3, 0.4) is 0 Å². The first-order valence-corrected chi connectivity index (χ1v) is 9.41. The largest absolute Gasteiger partial charge is 0.477 e. The summed E-state index contributed by atoms with van der Waals surface area (Å²) >= 11 is 0. The molecule has 3 aromatic rings. The van der Waals surface area contributed by atoms with Crippen molar-refractivity contribution >= 4 is 34.5 Å². The van der Waals surface area contributed by atoms with Gasteiger partial charge >= 0.3 is 12.0 Å². The van der Waals surface area contributed by atoms with E-state index in [1.54, 1.807) is 29.2 Å². The number of carbonyl (C=O) groups is 3. The number of hydrogen-bond acceptors (Lipinski definition) is 4. The Morgan fingerprint density at radius 3 is 2.57 bits per heavy atom. The number of hydrogen-bond donors (Lipinski definition) is 2. The second-order valence-corrected chi connectivity index (χ2v) is 7.17. The van der Waals surface area contributed by atoms with E-state index >= 15 is 0 Å².